The highest BCUT2D eigenvalue weighted by molar-refractivity contribution is 7.91. The number of carbonyl (C=O) groups is 1. The molecule has 0 spiro atoms. The number of nitrogens with zero attached hydrogens (tertiary/aromatic N) is 1. The van der Waals surface area contributed by atoms with E-state index < -0.39 is 9.84 Å². The molecule has 1 amide bonds. The fourth-order valence-corrected chi connectivity index (χ4v) is 4.98. The molecule has 3 aromatic rings. The minimum absolute atomic E-state index is 0.142. The van der Waals surface area contributed by atoms with Gasteiger partial charge in [0.1, 0.15) is 0 Å². The molecule has 0 bridgehead atoms. The van der Waals surface area contributed by atoms with Crippen LogP contribution in [0.5, 0.6) is 11.5 Å². The van der Waals surface area contributed by atoms with E-state index in [0.717, 1.165) is 16.8 Å². The van der Waals surface area contributed by atoms with Crippen LogP contribution in [-0.2, 0) is 21.2 Å². The second kappa shape index (κ2) is 8.66. The highest BCUT2D eigenvalue weighted by Gasteiger charge is 2.21. The van der Waals surface area contributed by atoms with Gasteiger partial charge in [0, 0.05) is 24.1 Å². The average Bonchev–Trinajstić information content (AvgIpc) is 3.37. The molecule has 0 atom stereocenters. The Morgan fingerprint density at radius 2 is 1.84 bits per heavy atom. The van der Waals surface area contributed by atoms with E-state index in [1.165, 1.54) is 0 Å². The highest BCUT2D eigenvalue weighted by atomic mass is 32.2. The summed E-state index contributed by atoms with van der Waals surface area (Å²) < 4.78 is 41.9. The van der Waals surface area contributed by atoms with Gasteiger partial charge in [0.05, 0.1) is 16.3 Å². The number of hydrogen-bond donors (Lipinski definition) is 1. The molecule has 0 aliphatic carbocycles. The molecule has 2 aromatic carbocycles. The van der Waals surface area contributed by atoms with E-state index in [4.69, 9.17) is 14.0 Å². The molecule has 0 unspecified atom stereocenters. The van der Waals surface area contributed by atoms with Crippen molar-refractivity contribution in [2.75, 3.05) is 12.5 Å². The van der Waals surface area contributed by atoms with Gasteiger partial charge >= 0.3 is 0 Å². The van der Waals surface area contributed by atoms with Crippen molar-refractivity contribution in [3.63, 3.8) is 0 Å². The van der Waals surface area contributed by atoms with Crippen LogP contribution >= 0.6 is 0 Å². The van der Waals surface area contributed by atoms with Crippen LogP contribution < -0.4 is 14.8 Å². The molecule has 1 aromatic heterocycles. The first-order chi connectivity index (χ1) is 15.2. The van der Waals surface area contributed by atoms with Gasteiger partial charge in [0.15, 0.2) is 27.1 Å². The third-order valence-electron chi connectivity index (χ3n) is 5.47. The van der Waals surface area contributed by atoms with Crippen LogP contribution in [0, 0.1) is 20.8 Å². The molecule has 2 heterocycles. The van der Waals surface area contributed by atoms with E-state index in [-0.39, 0.29) is 36.3 Å². The molecular formula is C23H24N2O6S. The zero-order valence-corrected chi connectivity index (χ0v) is 18.9. The Morgan fingerprint density at radius 3 is 2.59 bits per heavy atom. The molecule has 4 rings (SSSR count). The number of amides is 1. The first-order valence-electron chi connectivity index (χ1n) is 10.2. The largest absolute Gasteiger partial charge is 0.454 e. The van der Waals surface area contributed by atoms with Crippen molar-refractivity contribution in [2.24, 2.45) is 0 Å². The number of carbonyl (C=O) groups excluding carboxylic acids is 1. The maximum absolute atomic E-state index is 13.0. The van der Waals surface area contributed by atoms with E-state index in [2.05, 4.69) is 10.5 Å². The lowest BCUT2D eigenvalue weighted by atomic mass is 10.1. The van der Waals surface area contributed by atoms with Gasteiger partial charge in [-0.3, -0.25) is 4.79 Å². The second-order valence-electron chi connectivity index (χ2n) is 7.74. The van der Waals surface area contributed by atoms with Crippen molar-refractivity contribution in [1.82, 2.24) is 10.5 Å². The minimum Gasteiger partial charge on any atom is -0.454 e. The number of aromatic nitrogens is 1. The number of fused-ring (bicyclic) bond motifs is 1. The lowest BCUT2D eigenvalue weighted by molar-refractivity contribution is -0.120. The number of ether oxygens (including phenoxy) is 2. The lowest BCUT2D eigenvalue weighted by Gasteiger charge is -2.10. The summed E-state index contributed by atoms with van der Waals surface area (Å²) in [4.78, 5) is 12.5. The van der Waals surface area contributed by atoms with Crippen molar-refractivity contribution >= 4 is 15.7 Å². The molecule has 0 saturated heterocycles. The van der Waals surface area contributed by atoms with Crippen LogP contribution in [0.25, 0.3) is 11.3 Å². The molecule has 0 radical (unpaired) electrons. The highest BCUT2D eigenvalue weighted by Crippen LogP contribution is 2.32. The second-order valence-corrected chi connectivity index (χ2v) is 9.81. The van der Waals surface area contributed by atoms with E-state index in [9.17, 15) is 13.2 Å². The number of benzene rings is 2. The maximum atomic E-state index is 13.0. The molecule has 8 nitrogen and oxygen atoms in total. The van der Waals surface area contributed by atoms with Crippen molar-refractivity contribution < 1.29 is 27.2 Å². The molecule has 0 fully saturated rings. The van der Waals surface area contributed by atoms with Gasteiger partial charge < -0.3 is 19.3 Å². The van der Waals surface area contributed by atoms with Crippen LogP contribution in [0.4, 0.5) is 0 Å². The first-order valence-corrected chi connectivity index (χ1v) is 11.8. The molecular weight excluding hydrogens is 432 g/mol. The standard InChI is InChI=1S/C23H24N2O6S/c1-14-4-6-18(23-15(2)16(3)25-31-23)11-21(14)32(27,28)9-8-22(26)24-12-17-5-7-19-20(10-17)30-13-29-19/h4-7,10-11H,8-9,12-13H2,1-3H3,(H,24,26). The summed E-state index contributed by atoms with van der Waals surface area (Å²) in [5, 5.41) is 6.69. The van der Waals surface area contributed by atoms with Crippen molar-refractivity contribution in [2.45, 2.75) is 38.6 Å². The summed E-state index contributed by atoms with van der Waals surface area (Å²) in [5.41, 5.74) is 3.71. The molecule has 1 aliphatic heterocycles. The third-order valence-corrected chi connectivity index (χ3v) is 7.32. The van der Waals surface area contributed by atoms with Crippen LogP contribution in [0.1, 0.15) is 28.8 Å². The summed E-state index contributed by atoms with van der Waals surface area (Å²) >= 11 is 0. The summed E-state index contributed by atoms with van der Waals surface area (Å²) in [6, 6.07) is 10.5. The minimum atomic E-state index is -3.67. The normalized spacial score (nSPS) is 12.7. The van der Waals surface area contributed by atoms with Gasteiger partial charge in [0.2, 0.25) is 12.7 Å². The van der Waals surface area contributed by atoms with Crippen molar-refractivity contribution in [1.29, 1.82) is 0 Å². The summed E-state index contributed by atoms with van der Waals surface area (Å²) in [7, 11) is -3.67. The predicted molar refractivity (Wildman–Crippen MR) is 117 cm³/mol. The van der Waals surface area contributed by atoms with Crippen LogP contribution in [0.3, 0.4) is 0 Å². The van der Waals surface area contributed by atoms with Gasteiger partial charge in [0.25, 0.3) is 0 Å². The van der Waals surface area contributed by atoms with Crippen molar-refractivity contribution in [3.05, 3.63) is 58.8 Å². The number of hydrogen-bond acceptors (Lipinski definition) is 7. The monoisotopic (exact) mass is 456 g/mol. The molecule has 32 heavy (non-hydrogen) atoms. The zero-order valence-electron chi connectivity index (χ0n) is 18.1. The quantitative estimate of drug-likeness (QED) is 0.580. The number of rotatable bonds is 7. The lowest BCUT2D eigenvalue weighted by Crippen LogP contribution is -2.25. The zero-order chi connectivity index (χ0) is 22.9. The van der Waals surface area contributed by atoms with E-state index in [1.807, 2.05) is 19.9 Å². The molecule has 1 N–H and O–H groups in total. The Hall–Kier alpha value is -3.33. The number of nitrogens with one attached hydrogen (secondary N) is 1. The fraction of sp³-hybridized carbons (Fsp3) is 0.304. The van der Waals surface area contributed by atoms with Gasteiger partial charge in [-0.15, -0.1) is 0 Å². The Bertz CT molecular complexity index is 1280. The summed E-state index contributed by atoms with van der Waals surface area (Å²) in [5.74, 6) is 1.20. The van der Waals surface area contributed by atoms with E-state index >= 15 is 0 Å². The van der Waals surface area contributed by atoms with E-state index in [0.29, 0.717) is 28.4 Å². The average molecular weight is 457 g/mol. The fourth-order valence-electron chi connectivity index (χ4n) is 3.44. The number of sulfone groups is 1. The van der Waals surface area contributed by atoms with Crippen LogP contribution in [0.15, 0.2) is 45.8 Å². The Balaban J connectivity index is 1.41. The Kier molecular flexibility index (Phi) is 5.92. The SMILES string of the molecule is Cc1ccc(-c2onc(C)c2C)cc1S(=O)(=O)CCC(=O)NCc1ccc2c(c1)OCO2. The van der Waals surface area contributed by atoms with Crippen LogP contribution in [0.2, 0.25) is 0 Å². The molecule has 0 saturated carbocycles. The molecule has 168 valence electrons. The summed E-state index contributed by atoms with van der Waals surface area (Å²) in [6.45, 7) is 5.89. The van der Waals surface area contributed by atoms with Gasteiger partial charge in [-0.1, -0.05) is 23.4 Å². The Labute approximate surface area is 186 Å². The summed E-state index contributed by atoms with van der Waals surface area (Å²) in [6.07, 6.45) is -0.142. The third kappa shape index (κ3) is 4.47. The first kappa shape index (κ1) is 21.9. The van der Waals surface area contributed by atoms with E-state index in [1.54, 1.807) is 37.3 Å². The van der Waals surface area contributed by atoms with Gasteiger partial charge in [-0.2, -0.15) is 0 Å². The molecule has 1 aliphatic rings. The maximum Gasteiger partial charge on any atom is 0.231 e. The Morgan fingerprint density at radius 1 is 1.06 bits per heavy atom. The van der Waals surface area contributed by atoms with Gasteiger partial charge in [-0.05, 0) is 50.1 Å². The smallest absolute Gasteiger partial charge is 0.231 e. The van der Waals surface area contributed by atoms with Crippen molar-refractivity contribution in [3.8, 4) is 22.8 Å². The molecule has 9 heteroatoms. The topological polar surface area (TPSA) is 108 Å². The number of aryl methyl sites for hydroxylation is 2. The van der Waals surface area contributed by atoms with Gasteiger partial charge in [-0.25, -0.2) is 8.42 Å². The van der Waals surface area contributed by atoms with Crippen LogP contribution in [-0.4, -0.2) is 32.0 Å². The predicted octanol–water partition coefficient (Wildman–Crippen LogP) is 3.48.